The third-order valence-electron chi connectivity index (χ3n) is 5.04. The second kappa shape index (κ2) is 8.25. The highest BCUT2D eigenvalue weighted by Gasteiger charge is 2.23. The van der Waals surface area contributed by atoms with Gasteiger partial charge < -0.3 is 29.9 Å². The van der Waals surface area contributed by atoms with Gasteiger partial charge in [-0.1, -0.05) is 0 Å². The van der Waals surface area contributed by atoms with E-state index in [0.717, 1.165) is 48.9 Å². The molecule has 0 bridgehead atoms. The Morgan fingerprint density at radius 2 is 1.85 bits per heavy atom. The van der Waals surface area contributed by atoms with Crippen molar-refractivity contribution in [3.63, 3.8) is 0 Å². The lowest BCUT2D eigenvalue weighted by Gasteiger charge is -2.35. The van der Waals surface area contributed by atoms with E-state index in [1.165, 1.54) is 0 Å². The lowest BCUT2D eigenvalue weighted by molar-refractivity contribution is 0.355. The maximum absolute atomic E-state index is 9.12. The number of ether oxygens (including phenoxy) is 2. The van der Waals surface area contributed by atoms with Gasteiger partial charge in [0.05, 0.1) is 37.3 Å². The van der Waals surface area contributed by atoms with Gasteiger partial charge in [0.2, 0.25) is 0 Å². The van der Waals surface area contributed by atoms with Crippen LogP contribution in [0.1, 0.15) is 19.3 Å². The van der Waals surface area contributed by atoms with E-state index in [2.05, 4.69) is 9.88 Å². The molecule has 2 heterocycles. The maximum Gasteiger partial charge on any atom is 0.164 e. The average Bonchev–Trinajstić information content (AvgIpc) is 2.65. The molecule has 0 unspecified atom stereocenters. The molecule has 1 saturated heterocycles. The number of methoxy groups -OCH3 is 2. The molecule has 1 aliphatic rings. The number of nitrogens with zero attached hydrogens (tertiary/aromatic N) is 2. The molecule has 142 valence electrons. The predicted molar refractivity (Wildman–Crippen MR) is 105 cm³/mol. The number of hydrogen-bond acceptors (Lipinski definition) is 7. The van der Waals surface area contributed by atoms with E-state index < -0.39 is 8.38 Å². The normalized spacial score (nSPS) is 15.7. The summed E-state index contributed by atoms with van der Waals surface area (Å²) in [5.74, 6) is 1.83. The minimum Gasteiger partial charge on any atom is -0.493 e. The number of piperidine rings is 1. The molecule has 0 radical (unpaired) electrons. The summed E-state index contributed by atoms with van der Waals surface area (Å²) in [5, 5.41) is 0.954. The molecule has 2 aromatic rings. The number of rotatable bonds is 6. The molecule has 1 aromatic heterocycles. The largest absolute Gasteiger partial charge is 0.493 e. The number of aromatic nitrogens is 1. The summed E-state index contributed by atoms with van der Waals surface area (Å²) in [6.45, 7) is 1.77. The second-order valence-corrected chi connectivity index (χ2v) is 7.79. The molecule has 0 aliphatic carbocycles. The van der Waals surface area contributed by atoms with E-state index in [9.17, 15) is 0 Å². The number of nitrogen functional groups attached to an aromatic ring is 1. The first kappa shape index (κ1) is 19.0. The van der Waals surface area contributed by atoms with Crippen LogP contribution in [0.3, 0.4) is 0 Å². The van der Waals surface area contributed by atoms with Crippen LogP contribution < -0.4 is 20.1 Å². The highest BCUT2D eigenvalue weighted by atomic mass is 31.2. The van der Waals surface area contributed by atoms with Crippen molar-refractivity contribution in [1.82, 2.24) is 4.98 Å². The van der Waals surface area contributed by atoms with Crippen LogP contribution in [-0.2, 0) is 0 Å². The highest BCUT2D eigenvalue weighted by molar-refractivity contribution is 7.45. The van der Waals surface area contributed by atoms with Crippen LogP contribution >= 0.6 is 8.38 Å². The fourth-order valence-corrected chi connectivity index (χ4v) is 4.21. The predicted octanol–water partition coefficient (Wildman–Crippen LogP) is 2.74. The van der Waals surface area contributed by atoms with Crippen LogP contribution in [0.2, 0.25) is 0 Å². The lowest BCUT2D eigenvalue weighted by atomic mass is 9.93. The molecule has 0 amide bonds. The molecule has 1 aliphatic heterocycles. The van der Waals surface area contributed by atoms with Gasteiger partial charge in [-0.3, -0.25) is 4.98 Å². The zero-order valence-electron chi connectivity index (χ0n) is 15.2. The Hall–Kier alpha value is -1.82. The summed E-state index contributed by atoms with van der Waals surface area (Å²) in [6.07, 6.45) is 5.08. The summed E-state index contributed by atoms with van der Waals surface area (Å²) >= 11 is 0. The zero-order valence-corrected chi connectivity index (χ0v) is 16.1. The first-order valence-electron chi connectivity index (χ1n) is 8.74. The van der Waals surface area contributed by atoms with Crippen LogP contribution in [0, 0.1) is 5.92 Å². The fourth-order valence-electron chi connectivity index (χ4n) is 3.62. The summed E-state index contributed by atoms with van der Waals surface area (Å²) in [5.41, 5.74) is 8.73. The molecular formula is C18H26N3O4P. The van der Waals surface area contributed by atoms with E-state index in [4.69, 9.17) is 25.0 Å². The van der Waals surface area contributed by atoms with Crippen molar-refractivity contribution in [2.24, 2.45) is 5.92 Å². The summed E-state index contributed by atoms with van der Waals surface area (Å²) in [4.78, 5) is 25.0. The highest BCUT2D eigenvalue weighted by Crippen LogP contribution is 2.40. The van der Waals surface area contributed by atoms with Gasteiger partial charge in [-0.25, -0.2) is 0 Å². The minimum absolute atomic E-state index is 0.497. The van der Waals surface area contributed by atoms with Crippen molar-refractivity contribution < 1.29 is 19.3 Å². The average molecular weight is 379 g/mol. The molecule has 0 spiro atoms. The molecular weight excluding hydrogens is 353 g/mol. The third kappa shape index (κ3) is 3.95. The van der Waals surface area contributed by atoms with Gasteiger partial charge in [0, 0.05) is 30.7 Å². The second-order valence-electron chi connectivity index (χ2n) is 6.60. The quantitative estimate of drug-likeness (QED) is 0.664. The molecule has 7 nitrogen and oxygen atoms in total. The zero-order chi connectivity index (χ0) is 18.7. The van der Waals surface area contributed by atoms with Crippen molar-refractivity contribution in [2.75, 3.05) is 44.1 Å². The number of benzene rings is 1. The fraction of sp³-hybridized carbons (Fsp3) is 0.500. The van der Waals surface area contributed by atoms with Gasteiger partial charge in [-0.15, -0.1) is 0 Å². The number of fused-ring (bicyclic) bond motifs is 1. The van der Waals surface area contributed by atoms with Crippen molar-refractivity contribution in [3.8, 4) is 11.5 Å². The Balaban J connectivity index is 1.87. The van der Waals surface area contributed by atoms with Gasteiger partial charge in [0.1, 0.15) is 0 Å². The molecule has 0 saturated carbocycles. The molecule has 26 heavy (non-hydrogen) atoms. The Morgan fingerprint density at radius 1 is 1.19 bits per heavy atom. The summed E-state index contributed by atoms with van der Waals surface area (Å²) in [6, 6.07) is 3.80. The Morgan fingerprint density at radius 3 is 2.46 bits per heavy atom. The SMILES string of the molecule is COc1cc2ncc(N)c(N3CCC(CCP(O)O)CC3)c2cc1OC. The minimum atomic E-state index is -1.79. The van der Waals surface area contributed by atoms with Crippen molar-refractivity contribution >= 4 is 30.7 Å². The van der Waals surface area contributed by atoms with Crippen molar-refractivity contribution in [3.05, 3.63) is 18.3 Å². The van der Waals surface area contributed by atoms with Crippen LogP contribution in [0.5, 0.6) is 11.5 Å². The van der Waals surface area contributed by atoms with E-state index in [1.807, 2.05) is 12.1 Å². The van der Waals surface area contributed by atoms with Gasteiger partial charge in [0.15, 0.2) is 19.9 Å². The Kier molecular flexibility index (Phi) is 6.01. The van der Waals surface area contributed by atoms with Gasteiger partial charge >= 0.3 is 0 Å². The molecule has 8 heteroatoms. The van der Waals surface area contributed by atoms with E-state index >= 15 is 0 Å². The van der Waals surface area contributed by atoms with Crippen LogP contribution in [-0.4, -0.2) is 48.2 Å². The van der Waals surface area contributed by atoms with Gasteiger partial charge in [-0.2, -0.15) is 0 Å². The topological polar surface area (TPSA) is 101 Å². The van der Waals surface area contributed by atoms with Crippen molar-refractivity contribution in [2.45, 2.75) is 19.3 Å². The molecule has 1 aromatic carbocycles. The van der Waals surface area contributed by atoms with Gasteiger partial charge in [0.25, 0.3) is 0 Å². The molecule has 3 rings (SSSR count). The maximum atomic E-state index is 9.12. The Labute approximate surface area is 154 Å². The lowest BCUT2D eigenvalue weighted by Crippen LogP contribution is -2.34. The van der Waals surface area contributed by atoms with Gasteiger partial charge in [-0.05, 0) is 31.2 Å². The summed E-state index contributed by atoms with van der Waals surface area (Å²) in [7, 11) is 1.44. The standard InChI is InChI=1S/C18H26N3O4P/c1-24-16-9-13-15(10-17(16)25-2)20-11-14(19)18(13)21-6-3-12(4-7-21)5-8-26(22)23/h9-12,22-23H,3-8,19H2,1-2H3. The smallest absolute Gasteiger partial charge is 0.164 e. The van der Waals surface area contributed by atoms with E-state index in [1.54, 1.807) is 20.4 Å². The monoisotopic (exact) mass is 379 g/mol. The number of nitrogens with two attached hydrogens (primary N) is 1. The number of pyridine rings is 1. The molecule has 0 atom stereocenters. The first-order chi connectivity index (χ1) is 12.5. The summed E-state index contributed by atoms with van der Waals surface area (Å²) < 4.78 is 10.8. The first-order valence-corrected chi connectivity index (χ1v) is 10.2. The van der Waals surface area contributed by atoms with E-state index in [-0.39, 0.29) is 0 Å². The Bertz CT molecular complexity index is 764. The number of hydrogen-bond donors (Lipinski definition) is 3. The third-order valence-corrected chi connectivity index (χ3v) is 5.70. The molecule has 1 fully saturated rings. The van der Waals surface area contributed by atoms with Crippen molar-refractivity contribution in [1.29, 1.82) is 0 Å². The van der Waals surface area contributed by atoms with E-state index in [0.29, 0.717) is 29.3 Å². The van der Waals surface area contributed by atoms with Crippen LogP contribution in [0.15, 0.2) is 18.3 Å². The number of anilines is 2. The van der Waals surface area contributed by atoms with Crippen LogP contribution in [0.25, 0.3) is 10.9 Å². The molecule has 4 N–H and O–H groups in total. The van der Waals surface area contributed by atoms with Crippen LogP contribution in [0.4, 0.5) is 11.4 Å².